The van der Waals surface area contributed by atoms with E-state index < -0.39 is 40.5 Å². The number of nitrogens with zero attached hydrogens (tertiary/aromatic N) is 5. The molecule has 6 amide bonds. The molecular formula is C46H47ClN6O7. The van der Waals surface area contributed by atoms with E-state index in [1.54, 1.807) is 42.5 Å². The summed E-state index contributed by atoms with van der Waals surface area (Å²) in [6.45, 7) is 12.3. The number of ether oxygens (including phenoxy) is 1. The molecule has 0 aromatic heterocycles. The summed E-state index contributed by atoms with van der Waals surface area (Å²) < 4.78 is 6.46. The average molecular weight is 831 g/mol. The van der Waals surface area contributed by atoms with Crippen LogP contribution in [0.15, 0.2) is 48.5 Å². The molecule has 3 aromatic rings. The van der Waals surface area contributed by atoms with Gasteiger partial charge in [0, 0.05) is 73.2 Å². The van der Waals surface area contributed by atoms with Crippen molar-refractivity contribution in [1.82, 2.24) is 24.9 Å². The average Bonchev–Trinajstić information content (AvgIpc) is 3.84. The summed E-state index contributed by atoms with van der Waals surface area (Å²) in [5.74, 6) is -1.02. The number of fused-ring (bicyclic) bond motifs is 3. The lowest BCUT2D eigenvalue weighted by Gasteiger charge is -2.65. The van der Waals surface area contributed by atoms with Gasteiger partial charge < -0.3 is 14.5 Å². The Labute approximate surface area is 353 Å². The Morgan fingerprint density at radius 2 is 1.50 bits per heavy atom. The van der Waals surface area contributed by atoms with Gasteiger partial charge in [-0.1, -0.05) is 39.3 Å². The van der Waals surface area contributed by atoms with Crippen molar-refractivity contribution in [3.63, 3.8) is 0 Å². The Hall–Kier alpha value is -5.58. The topological polar surface area (TPSA) is 160 Å². The van der Waals surface area contributed by atoms with E-state index in [9.17, 15) is 34.0 Å². The van der Waals surface area contributed by atoms with Gasteiger partial charge in [-0.2, -0.15) is 5.26 Å². The molecule has 1 unspecified atom stereocenters. The van der Waals surface area contributed by atoms with Gasteiger partial charge in [-0.25, -0.2) is 0 Å². The molecule has 3 aromatic carbocycles. The zero-order valence-electron chi connectivity index (χ0n) is 34.2. The van der Waals surface area contributed by atoms with Gasteiger partial charge in [-0.3, -0.25) is 43.9 Å². The van der Waals surface area contributed by atoms with Crippen LogP contribution in [0, 0.1) is 28.1 Å². The number of rotatable bonds is 8. The lowest BCUT2D eigenvalue weighted by atomic mass is 9.49. The molecule has 1 atom stereocenters. The Kier molecular flexibility index (Phi) is 9.67. The molecule has 9 rings (SSSR count). The highest BCUT2D eigenvalue weighted by atomic mass is 35.5. The quantitative estimate of drug-likeness (QED) is 0.281. The van der Waals surface area contributed by atoms with Crippen molar-refractivity contribution >= 4 is 47.0 Å². The molecule has 2 saturated heterocycles. The SMILES string of the molecule is CC1(C)C(Oc2ccc(C#N)c(Cl)c2)C(C)(C)C1N1Cc2cc(C(=O)N3CCC(CCN4Cc5cc6c(cc5C4)C(=O)N(C4CCC(=O)NC4=O)C6=O)CC3)ccc2C1=O. The maximum Gasteiger partial charge on any atom is 0.262 e. The fourth-order valence-electron chi connectivity index (χ4n) is 11.3. The summed E-state index contributed by atoms with van der Waals surface area (Å²) >= 11 is 6.29. The van der Waals surface area contributed by atoms with Gasteiger partial charge in [0.2, 0.25) is 11.8 Å². The molecular weight excluding hydrogens is 784 g/mol. The highest BCUT2D eigenvalue weighted by Gasteiger charge is 2.67. The zero-order chi connectivity index (χ0) is 42.4. The predicted octanol–water partition coefficient (Wildman–Crippen LogP) is 5.71. The van der Waals surface area contributed by atoms with Crippen LogP contribution in [0.2, 0.25) is 5.02 Å². The molecule has 1 aliphatic carbocycles. The number of benzene rings is 3. The Balaban J connectivity index is 0.771. The number of hydrogen-bond acceptors (Lipinski definition) is 9. The zero-order valence-corrected chi connectivity index (χ0v) is 34.9. The van der Waals surface area contributed by atoms with Crippen LogP contribution >= 0.6 is 11.6 Å². The number of halogens is 1. The summed E-state index contributed by atoms with van der Waals surface area (Å²) in [6, 6.07) is 15.1. The standard InChI is InChI=1S/C46H47ClN6O7/c1-45(2)43(46(3,4)44(45)60-31-7-5-27(21-48)35(47)20-31)52-24-30-17-26(6-8-32(30)40(52)57)39(56)51-15-12-25(13-16-51)11-14-50-22-28-18-33-34(19-29(28)23-50)42(59)53(41(33)58)36-9-10-37(54)49-38(36)55/h5-8,17-20,25,36,43-44H,9-16,22-24H2,1-4H3,(H,49,54,55). The molecule has 1 N–H and O–H groups in total. The van der Waals surface area contributed by atoms with E-state index >= 15 is 0 Å². The van der Waals surface area contributed by atoms with Gasteiger partial charge in [0.25, 0.3) is 23.6 Å². The fraction of sp³-hybridized carbons (Fsp3) is 0.457. The van der Waals surface area contributed by atoms with Crippen molar-refractivity contribution in [3.05, 3.63) is 98.1 Å². The van der Waals surface area contributed by atoms with Crippen molar-refractivity contribution in [1.29, 1.82) is 5.26 Å². The van der Waals surface area contributed by atoms with Crippen molar-refractivity contribution < 1.29 is 33.5 Å². The molecule has 13 nitrogen and oxygen atoms in total. The van der Waals surface area contributed by atoms with Crippen molar-refractivity contribution in [3.8, 4) is 11.8 Å². The molecule has 6 aliphatic rings. The first kappa shape index (κ1) is 39.9. The van der Waals surface area contributed by atoms with Gasteiger partial charge >= 0.3 is 0 Å². The van der Waals surface area contributed by atoms with Gasteiger partial charge in [0.05, 0.1) is 21.7 Å². The second kappa shape index (κ2) is 14.6. The van der Waals surface area contributed by atoms with E-state index in [-0.39, 0.29) is 36.8 Å². The third-order valence-corrected chi connectivity index (χ3v) is 14.2. The molecule has 1 saturated carbocycles. The van der Waals surface area contributed by atoms with Crippen LogP contribution in [-0.2, 0) is 29.2 Å². The number of imide groups is 2. The lowest BCUT2D eigenvalue weighted by Crippen LogP contribution is -2.74. The Bertz CT molecular complexity index is 2390. The van der Waals surface area contributed by atoms with E-state index in [1.165, 1.54) is 0 Å². The maximum absolute atomic E-state index is 13.9. The first-order chi connectivity index (χ1) is 28.6. The smallest absolute Gasteiger partial charge is 0.262 e. The second-order valence-corrected chi connectivity index (χ2v) is 18.9. The number of carbonyl (C=O) groups excluding carboxylic acids is 6. The summed E-state index contributed by atoms with van der Waals surface area (Å²) in [5.41, 5.74) is 4.30. The minimum absolute atomic E-state index is 0.0238. The molecule has 0 spiro atoms. The van der Waals surface area contributed by atoms with Gasteiger partial charge in [0.1, 0.15) is 24.0 Å². The van der Waals surface area contributed by atoms with Crippen LogP contribution < -0.4 is 10.1 Å². The molecule has 310 valence electrons. The number of nitrogens with one attached hydrogen (secondary N) is 1. The molecule has 0 bridgehead atoms. The monoisotopic (exact) mass is 830 g/mol. The molecule has 5 heterocycles. The third kappa shape index (κ3) is 6.46. The molecule has 60 heavy (non-hydrogen) atoms. The number of piperidine rings is 2. The Morgan fingerprint density at radius 3 is 2.12 bits per heavy atom. The predicted molar refractivity (Wildman–Crippen MR) is 219 cm³/mol. The number of likely N-dealkylation sites (tertiary alicyclic amines) is 1. The van der Waals surface area contributed by atoms with Gasteiger partial charge in [-0.15, -0.1) is 0 Å². The summed E-state index contributed by atoms with van der Waals surface area (Å²) in [5, 5.41) is 11.8. The van der Waals surface area contributed by atoms with Crippen LogP contribution in [0.25, 0.3) is 0 Å². The van der Waals surface area contributed by atoms with E-state index in [0.29, 0.717) is 77.2 Å². The second-order valence-electron chi connectivity index (χ2n) is 18.5. The number of hydrogen-bond donors (Lipinski definition) is 1. The lowest BCUT2D eigenvalue weighted by molar-refractivity contribution is -0.199. The van der Waals surface area contributed by atoms with Crippen LogP contribution in [0.5, 0.6) is 5.75 Å². The van der Waals surface area contributed by atoms with Gasteiger partial charge in [-0.05, 0) is 97.3 Å². The summed E-state index contributed by atoms with van der Waals surface area (Å²) in [4.78, 5) is 85.6. The van der Waals surface area contributed by atoms with E-state index in [4.69, 9.17) is 16.3 Å². The van der Waals surface area contributed by atoms with Gasteiger partial charge in [0.15, 0.2) is 0 Å². The van der Waals surface area contributed by atoms with Crippen molar-refractivity contribution in [2.24, 2.45) is 16.7 Å². The molecule has 3 fully saturated rings. The molecule has 14 heteroatoms. The minimum Gasteiger partial charge on any atom is -0.489 e. The van der Waals surface area contributed by atoms with E-state index in [0.717, 1.165) is 47.4 Å². The number of amides is 6. The summed E-state index contributed by atoms with van der Waals surface area (Å²) in [7, 11) is 0. The van der Waals surface area contributed by atoms with Crippen LogP contribution in [-0.4, -0.2) is 92.9 Å². The summed E-state index contributed by atoms with van der Waals surface area (Å²) in [6.07, 6.45) is 2.74. The van der Waals surface area contributed by atoms with E-state index in [2.05, 4.69) is 44.0 Å². The first-order valence-corrected chi connectivity index (χ1v) is 21.1. The largest absolute Gasteiger partial charge is 0.489 e. The highest BCUT2D eigenvalue weighted by Crippen LogP contribution is 2.59. The molecule has 0 radical (unpaired) electrons. The van der Waals surface area contributed by atoms with Crippen LogP contribution in [0.1, 0.15) is 123 Å². The number of nitriles is 1. The fourth-order valence-corrected chi connectivity index (χ4v) is 11.5. The van der Waals surface area contributed by atoms with Crippen LogP contribution in [0.4, 0.5) is 0 Å². The van der Waals surface area contributed by atoms with Crippen LogP contribution in [0.3, 0.4) is 0 Å². The normalized spacial score (nSPS) is 24.5. The maximum atomic E-state index is 13.9. The number of carbonyl (C=O) groups is 6. The molecule has 5 aliphatic heterocycles. The van der Waals surface area contributed by atoms with E-state index in [1.807, 2.05) is 15.9 Å². The first-order valence-electron chi connectivity index (χ1n) is 20.8. The third-order valence-electron chi connectivity index (χ3n) is 13.9. The minimum atomic E-state index is -0.980. The Morgan fingerprint density at radius 1 is 0.833 bits per heavy atom. The van der Waals surface area contributed by atoms with Crippen molar-refractivity contribution in [2.45, 2.75) is 97.6 Å². The van der Waals surface area contributed by atoms with Crippen molar-refractivity contribution in [2.75, 3.05) is 19.6 Å². The highest BCUT2D eigenvalue weighted by molar-refractivity contribution is 6.31.